The predicted octanol–water partition coefficient (Wildman–Crippen LogP) is 4.64. The van der Waals surface area contributed by atoms with Gasteiger partial charge in [0.1, 0.15) is 0 Å². The lowest BCUT2D eigenvalue weighted by atomic mass is 10.1. The van der Waals surface area contributed by atoms with Crippen molar-refractivity contribution in [3.05, 3.63) is 94.5 Å². The van der Waals surface area contributed by atoms with Gasteiger partial charge in [0, 0.05) is 11.6 Å². The average Bonchev–Trinajstić information content (AvgIpc) is 2.82. The van der Waals surface area contributed by atoms with Crippen LogP contribution in [0.25, 0.3) is 0 Å². The molecular weight excluding hydrogens is 497 g/mol. The van der Waals surface area contributed by atoms with Crippen LogP contribution in [-0.2, 0) is 21.0 Å². The van der Waals surface area contributed by atoms with E-state index in [2.05, 4.69) is 5.32 Å². The zero-order valence-corrected chi connectivity index (χ0v) is 21.0. The van der Waals surface area contributed by atoms with Crippen LogP contribution in [-0.4, -0.2) is 39.2 Å². The summed E-state index contributed by atoms with van der Waals surface area (Å²) in [7, 11) is -3.80. The standard InChI is InChI=1S/C25H26ClNO5S.ClH/c1-2-32-25(29)20-8-5-11-23(16-20)33(30,31)22-10-3-6-18(14-22)12-13-27-17-24(28)19-7-4-9-21(26)15-19;/h3-11,14-16,24,27-28H,2,12-13,17H2,1H3;1H/t24-;/m0./s1. The second kappa shape index (κ2) is 12.9. The average molecular weight is 524 g/mol. The molecular formula is C25H27Cl2NO5S. The zero-order chi connectivity index (χ0) is 23.8. The maximum absolute atomic E-state index is 13.1. The number of esters is 1. The van der Waals surface area contributed by atoms with Gasteiger partial charge >= 0.3 is 5.97 Å². The fourth-order valence-corrected chi connectivity index (χ4v) is 4.89. The van der Waals surface area contributed by atoms with E-state index in [4.69, 9.17) is 16.3 Å². The van der Waals surface area contributed by atoms with Gasteiger partial charge in [-0.15, -0.1) is 12.4 Å². The summed E-state index contributed by atoms with van der Waals surface area (Å²) >= 11 is 5.96. The lowest BCUT2D eigenvalue weighted by molar-refractivity contribution is 0.0526. The molecule has 182 valence electrons. The minimum atomic E-state index is -3.80. The Labute approximate surface area is 211 Å². The number of rotatable bonds is 10. The lowest BCUT2D eigenvalue weighted by Gasteiger charge is -2.13. The number of sulfone groups is 1. The monoisotopic (exact) mass is 523 g/mol. The van der Waals surface area contributed by atoms with E-state index in [1.54, 1.807) is 37.3 Å². The fraction of sp³-hybridized carbons (Fsp3) is 0.240. The van der Waals surface area contributed by atoms with Crippen molar-refractivity contribution >= 4 is 39.8 Å². The first kappa shape index (κ1) is 27.8. The molecule has 0 aliphatic rings. The van der Waals surface area contributed by atoms with Crippen molar-refractivity contribution in [3.63, 3.8) is 0 Å². The Kier molecular flexibility index (Phi) is 10.5. The molecule has 0 saturated heterocycles. The highest BCUT2D eigenvalue weighted by molar-refractivity contribution is 7.91. The Morgan fingerprint density at radius 2 is 1.71 bits per heavy atom. The van der Waals surface area contributed by atoms with Crippen LogP contribution in [0.3, 0.4) is 0 Å². The minimum Gasteiger partial charge on any atom is -0.462 e. The highest BCUT2D eigenvalue weighted by Gasteiger charge is 2.20. The Morgan fingerprint density at radius 1 is 1.03 bits per heavy atom. The Morgan fingerprint density at radius 3 is 2.41 bits per heavy atom. The van der Waals surface area contributed by atoms with Gasteiger partial charge in [0.15, 0.2) is 0 Å². The van der Waals surface area contributed by atoms with Gasteiger partial charge in [-0.2, -0.15) is 0 Å². The number of carbonyl (C=O) groups is 1. The third-order valence-corrected chi connectivity index (χ3v) is 7.01. The van der Waals surface area contributed by atoms with Crippen molar-refractivity contribution in [1.82, 2.24) is 5.32 Å². The maximum Gasteiger partial charge on any atom is 0.338 e. The van der Waals surface area contributed by atoms with E-state index >= 15 is 0 Å². The van der Waals surface area contributed by atoms with Crippen molar-refractivity contribution in [2.75, 3.05) is 19.7 Å². The molecule has 0 bridgehead atoms. The molecule has 0 spiro atoms. The van der Waals surface area contributed by atoms with Crippen molar-refractivity contribution in [3.8, 4) is 0 Å². The van der Waals surface area contributed by atoms with Crippen LogP contribution in [0.5, 0.6) is 0 Å². The molecule has 0 unspecified atom stereocenters. The van der Waals surface area contributed by atoms with Crippen LogP contribution < -0.4 is 5.32 Å². The summed E-state index contributed by atoms with van der Waals surface area (Å²) in [5.41, 5.74) is 1.76. The molecule has 1 atom stereocenters. The van der Waals surface area contributed by atoms with Crippen molar-refractivity contribution in [2.24, 2.45) is 0 Å². The van der Waals surface area contributed by atoms with Gasteiger partial charge in [0.05, 0.1) is 28.1 Å². The third-order valence-electron chi connectivity index (χ3n) is 5.03. The van der Waals surface area contributed by atoms with Gasteiger partial charge in [0.2, 0.25) is 9.84 Å². The summed E-state index contributed by atoms with van der Waals surface area (Å²) in [6, 6.07) is 19.6. The number of nitrogens with one attached hydrogen (secondary N) is 1. The normalized spacial score (nSPS) is 12.0. The van der Waals surface area contributed by atoms with Crippen LogP contribution in [0.2, 0.25) is 5.02 Å². The van der Waals surface area contributed by atoms with Crippen LogP contribution in [0.15, 0.2) is 82.6 Å². The van der Waals surface area contributed by atoms with E-state index in [1.807, 2.05) is 12.1 Å². The molecule has 34 heavy (non-hydrogen) atoms. The highest BCUT2D eigenvalue weighted by atomic mass is 35.5. The number of aliphatic hydroxyl groups is 1. The van der Waals surface area contributed by atoms with E-state index in [-0.39, 0.29) is 34.4 Å². The van der Waals surface area contributed by atoms with Gasteiger partial charge in [-0.05, 0) is 73.5 Å². The lowest BCUT2D eigenvalue weighted by Crippen LogP contribution is -2.23. The van der Waals surface area contributed by atoms with Gasteiger partial charge in [-0.1, -0.05) is 41.9 Å². The highest BCUT2D eigenvalue weighted by Crippen LogP contribution is 2.23. The largest absolute Gasteiger partial charge is 0.462 e. The van der Waals surface area contributed by atoms with Crippen molar-refractivity contribution < 1.29 is 23.1 Å². The van der Waals surface area contributed by atoms with Crippen molar-refractivity contribution in [1.29, 1.82) is 0 Å². The van der Waals surface area contributed by atoms with Gasteiger partial charge in [-0.25, -0.2) is 13.2 Å². The van der Waals surface area contributed by atoms with Gasteiger partial charge < -0.3 is 15.2 Å². The topological polar surface area (TPSA) is 92.7 Å². The van der Waals surface area contributed by atoms with Crippen LogP contribution in [0, 0.1) is 0 Å². The Hall–Kier alpha value is -2.42. The van der Waals surface area contributed by atoms with E-state index in [9.17, 15) is 18.3 Å². The molecule has 3 aromatic rings. The summed E-state index contributed by atoms with van der Waals surface area (Å²) in [5, 5.41) is 14.0. The van der Waals surface area contributed by atoms with E-state index in [1.165, 1.54) is 30.3 Å². The smallest absolute Gasteiger partial charge is 0.338 e. The third kappa shape index (κ3) is 7.29. The first-order valence-electron chi connectivity index (χ1n) is 10.6. The first-order chi connectivity index (χ1) is 15.8. The predicted molar refractivity (Wildman–Crippen MR) is 135 cm³/mol. The van der Waals surface area contributed by atoms with Crippen molar-refractivity contribution in [2.45, 2.75) is 29.2 Å². The minimum absolute atomic E-state index is 0. The number of benzene rings is 3. The molecule has 9 heteroatoms. The second-order valence-electron chi connectivity index (χ2n) is 7.42. The Balaban J connectivity index is 0.00000408. The number of aliphatic hydroxyl groups excluding tert-OH is 1. The SMILES string of the molecule is CCOC(=O)c1cccc(S(=O)(=O)c2cccc(CCNC[C@H](O)c3cccc(Cl)c3)c2)c1.Cl. The summed E-state index contributed by atoms with van der Waals surface area (Å²) in [4.78, 5) is 12.2. The molecule has 3 rings (SSSR count). The van der Waals surface area contributed by atoms with E-state index in [0.29, 0.717) is 24.5 Å². The molecule has 6 nitrogen and oxygen atoms in total. The maximum atomic E-state index is 13.1. The first-order valence-corrected chi connectivity index (χ1v) is 12.4. The molecule has 0 aliphatic heterocycles. The Bertz CT molecular complexity index is 1220. The molecule has 0 saturated carbocycles. The summed E-state index contributed by atoms with van der Waals surface area (Å²) in [6.07, 6.45) is -0.115. The molecule has 0 aliphatic carbocycles. The molecule has 2 N–H and O–H groups in total. The number of halogens is 2. The molecule has 0 fully saturated rings. The quantitative estimate of drug-likeness (QED) is 0.297. The van der Waals surface area contributed by atoms with Crippen LogP contribution >= 0.6 is 24.0 Å². The van der Waals surface area contributed by atoms with E-state index < -0.39 is 21.9 Å². The summed E-state index contributed by atoms with van der Waals surface area (Å²) in [5.74, 6) is -0.561. The van der Waals surface area contributed by atoms with E-state index in [0.717, 1.165) is 11.1 Å². The summed E-state index contributed by atoms with van der Waals surface area (Å²) in [6.45, 7) is 2.80. The zero-order valence-electron chi connectivity index (χ0n) is 18.6. The second-order valence-corrected chi connectivity index (χ2v) is 9.81. The van der Waals surface area contributed by atoms with Gasteiger partial charge in [-0.3, -0.25) is 0 Å². The number of ether oxygens (including phenoxy) is 1. The number of carbonyl (C=O) groups excluding carboxylic acids is 1. The molecule has 0 radical (unpaired) electrons. The molecule has 3 aromatic carbocycles. The molecule has 0 aromatic heterocycles. The fourth-order valence-electron chi connectivity index (χ4n) is 3.31. The number of hydrogen-bond acceptors (Lipinski definition) is 6. The van der Waals surface area contributed by atoms with Crippen LogP contribution in [0.4, 0.5) is 0 Å². The number of hydrogen-bond donors (Lipinski definition) is 2. The van der Waals surface area contributed by atoms with Crippen LogP contribution in [0.1, 0.15) is 34.5 Å². The molecule has 0 amide bonds. The summed E-state index contributed by atoms with van der Waals surface area (Å²) < 4.78 is 31.2. The molecule has 0 heterocycles. The van der Waals surface area contributed by atoms with Gasteiger partial charge in [0.25, 0.3) is 0 Å².